The molecule has 1 N–H and O–H groups in total. The minimum absolute atomic E-state index is 0.407. The molecule has 2 aromatic rings. The van der Waals surface area contributed by atoms with Crippen molar-refractivity contribution in [3.8, 4) is 0 Å². The molecule has 0 aliphatic rings. The first-order chi connectivity index (χ1) is 9.72. The Kier molecular flexibility index (Phi) is 5.30. The van der Waals surface area contributed by atoms with Gasteiger partial charge in [0.25, 0.3) is 0 Å². The van der Waals surface area contributed by atoms with Crippen molar-refractivity contribution in [3.63, 3.8) is 0 Å². The Labute approximate surface area is 121 Å². The van der Waals surface area contributed by atoms with E-state index in [2.05, 4.69) is 53.5 Å². The second-order valence-electron chi connectivity index (χ2n) is 5.09. The van der Waals surface area contributed by atoms with Gasteiger partial charge in [-0.15, -0.1) is 0 Å². The quantitative estimate of drug-likeness (QED) is 0.842. The zero-order valence-corrected chi connectivity index (χ0v) is 12.6. The Bertz CT molecular complexity index is 516. The standard InChI is InChI=1S/C16H24N4/c1-4-13-6-8-14(9-7-13)15(5-2)17-11-10-16-18-12-20(3)19-16/h6-9,12,15,17H,4-5,10-11H2,1-3H3. The lowest BCUT2D eigenvalue weighted by Gasteiger charge is -2.17. The van der Waals surface area contributed by atoms with Gasteiger partial charge in [0.1, 0.15) is 6.33 Å². The molecular weight excluding hydrogens is 248 g/mol. The van der Waals surface area contributed by atoms with Crippen molar-refractivity contribution >= 4 is 0 Å². The summed E-state index contributed by atoms with van der Waals surface area (Å²) in [5.74, 6) is 0.899. The molecule has 0 saturated carbocycles. The molecule has 0 aliphatic heterocycles. The number of aromatic nitrogens is 3. The molecule has 0 amide bonds. The molecule has 1 unspecified atom stereocenters. The average Bonchev–Trinajstić information content (AvgIpc) is 2.89. The summed E-state index contributed by atoms with van der Waals surface area (Å²) in [5.41, 5.74) is 2.75. The Hall–Kier alpha value is -1.68. The fourth-order valence-electron chi connectivity index (χ4n) is 2.34. The topological polar surface area (TPSA) is 42.7 Å². The highest BCUT2D eigenvalue weighted by atomic mass is 15.3. The summed E-state index contributed by atoms with van der Waals surface area (Å²) in [6, 6.07) is 9.32. The maximum Gasteiger partial charge on any atom is 0.151 e. The number of hydrogen-bond donors (Lipinski definition) is 1. The molecule has 0 spiro atoms. The molecule has 0 saturated heterocycles. The van der Waals surface area contributed by atoms with E-state index in [0.717, 1.165) is 31.6 Å². The van der Waals surface area contributed by atoms with Crippen LogP contribution in [0, 0.1) is 0 Å². The molecule has 2 rings (SSSR count). The minimum Gasteiger partial charge on any atom is -0.310 e. The van der Waals surface area contributed by atoms with E-state index in [1.54, 1.807) is 11.0 Å². The SMILES string of the molecule is CCc1ccc(C(CC)NCCc2ncn(C)n2)cc1. The van der Waals surface area contributed by atoms with Gasteiger partial charge >= 0.3 is 0 Å². The van der Waals surface area contributed by atoms with E-state index in [4.69, 9.17) is 0 Å². The average molecular weight is 272 g/mol. The number of nitrogens with one attached hydrogen (secondary N) is 1. The van der Waals surface area contributed by atoms with E-state index in [-0.39, 0.29) is 0 Å². The monoisotopic (exact) mass is 272 g/mol. The van der Waals surface area contributed by atoms with E-state index < -0.39 is 0 Å². The summed E-state index contributed by atoms with van der Waals surface area (Å²) >= 11 is 0. The summed E-state index contributed by atoms with van der Waals surface area (Å²) in [5, 5.41) is 7.89. The first-order valence-electron chi connectivity index (χ1n) is 7.39. The van der Waals surface area contributed by atoms with Crippen LogP contribution in [-0.4, -0.2) is 21.3 Å². The molecular formula is C16H24N4. The Morgan fingerprint density at radius 3 is 2.50 bits per heavy atom. The lowest BCUT2D eigenvalue weighted by molar-refractivity contribution is 0.517. The maximum atomic E-state index is 4.29. The van der Waals surface area contributed by atoms with Crippen molar-refractivity contribution in [2.75, 3.05) is 6.54 Å². The highest BCUT2D eigenvalue weighted by Gasteiger charge is 2.08. The molecule has 1 heterocycles. The zero-order valence-electron chi connectivity index (χ0n) is 12.6. The predicted octanol–water partition coefficient (Wildman–Crippen LogP) is 2.66. The minimum atomic E-state index is 0.407. The number of nitrogens with zero attached hydrogens (tertiary/aromatic N) is 3. The van der Waals surface area contributed by atoms with Gasteiger partial charge in [-0.1, -0.05) is 38.1 Å². The highest BCUT2D eigenvalue weighted by molar-refractivity contribution is 5.25. The van der Waals surface area contributed by atoms with Gasteiger partial charge in [0, 0.05) is 26.1 Å². The third-order valence-corrected chi connectivity index (χ3v) is 3.58. The van der Waals surface area contributed by atoms with Crippen LogP contribution in [0.25, 0.3) is 0 Å². The first kappa shape index (κ1) is 14.7. The molecule has 4 heteroatoms. The Morgan fingerprint density at radius 2 is 1.95 bits per heavy atom. The summed E-state index contributed by atoms with van der Waals surface area (Å²) in [6.07, 6.45) is 4.79. The van der Waals surface area contributed by atoms with Gasteiger partial charge in [0.15, 0.2) is 5.82 Å². The summed E-state index contributed by atoms with van der Waals surface area (Å²) in [7, 11) is 1.90. The zero-order chi connectivity index (χ0) is 14.4. The lowest BCUT2D eigenvalue weighted by Crippen LogP contribution is -2.23. The molecule has 20 heavy (non-hydrogen) atoms. The van der Waals surface area contributed by atoms with E-state index in [0.29, 0.717) is 6.04 Å². The molecule has 108 valence electrons. The van der Waals surface area contributed by atoms with E-state index in [9.17, 15) is 0 Å². The summed E-state index contributed by atoms with van der Waals surface area (Å²) < 4.78 is 1.75. The van der Waals surface area contributed by atoms with Crippen LogP contribution in [-0.2, 0) is 19.9 Å². The van der Waals surface area contributed by atoms with Crippen molar-refractivity contribution in [2.45, 2.75) is 39.2 Å². The number of hydrogen-bond acceptors (Lipinski definition) is 3. The van der Waals surface area contributed by atoms with Crippen molar-refractivity contribution in [1.82, 2.24) is 20.1 Å². The van der Waals surface area contributed by atoms with Gasteiger partial charge in [-0.3, -0.25) is 4.68 Å². The van der Waals surface area contributed by atoms with Gasteiger partial charge < -0.3 is 5.32 Å². The number of aryl methyl sites for hydroxylation is 2. The molecule has 1 aromatic heterocycles. The molecule has 0 radical (unpaired) electrons. The van der Waals surface area contributed by atoms with Crippen LogP contribution in [0.4, 0.5) is 0 Å². The lowest BCUT2D eigenvalue weighted by atomic mass is 10.0. The Morgan fingerprint density at radius 1 is 1.20 bits per heavy atom. The summed E-state index contributed by atoms with van der Waals surface area (Å²) in [6.45, 7) is 5.30. The van der Waals surface area contributed by atoms with Crippen molar-refractivity contribution in [1.29, 1.82) is 0 Å². The van der Waals surface area contributed by atoms with Gasteiger partial charge in [0.05, 0.1) is 0 Å². The van der Waals surface area contributed by atoms with Gasteiger partial charge in [-0.05, 0) is 24.0 Å². The fraction of sp³-hybridized carbons (Fsp3) is 0.500. The third kappa shape index (κ3) is 3.90. The van der Waals surface area contributed by atoms with Gasteiger partial charge in [-0.25, -0.2) is 4.98 Å². The van der Waals surface area contributed by atoms with Crippen molar-refractivity contribution < 1.29 is 0 Å². The number of benzene rings is 1. The smallest absolute Gasteiger partial charge is 0.151 e. The van der Waals surface area contributed by atoms with Crippen LogP contribution in [0.1, 0.15) is 43.3 Å². The number of rotatable bonds is 7. The fourth-order valence-corrected chi connectivity index (χ4v) is 2.34. The van der Waals surface area contributed by atoms with Gasteiger partial charge in [0.2, 0.25) is 0 Å². The van der Waals surface area contributed by atoms with Crippen molar-refractivity contribution in [3.05, 3.63) is 47.5 Å². The molecule has 0 bridgehead atoms. The van der Waals surface area contributed by atoms with E-state index >= 15 is 0 Å². The Balaban J connectivity index is 1.88. The first-order valence-corrected chi connectivity index (χ1v) is 7.39. The highest BCUT2D eigenvalue weighted by Crippen LogP contribution is 2.17. The predicted molar refractivity (Wildman–Crippen MR) is 81.6 cm³/mol. The second-order valence-corrected chi connectivity index (χ2v) is 5.09. The largest absolute Gasteiger partial charge is 0.310 e. The second kappa shape index (κ2) is 7.20. The van der Waals surface area contributed by atoms with E-state index in [1.807, 2.05) is 7.05 Å². The maximum absolute atomic E-state index is 4.29. The van der Waals surface area contributed by atoms with Crippen LogP contribution in [0.15, 0.2) is 30.6 Å². The van der Waals surface area contributed by atoms with Crippen LogP contribution in [0.2, 0.25) is 0 Å². The van der Waals surface area contributed by atoms with Crippen LogP contribution in [0.3, 0.4) is 0 Å². The van der Waals surface area contributed by atoms with Crippen LogP contribution in [0.5, 0.6) is 0 Å². The summed E-state index contributed by atoms with van der Waals surface area (Å²) in [4.78, 5) is 4.25. The van der Waals surface area contributed by atoms with Gasteiger partial charge in [-0.2, -0.15) is 5.10 Å². The molecule has 4 nitrogen and oxygen atoms in total. The van der Waals surface area contributed by atoms with E-state index in [1.165, 1.54) is 11.1 Å². The molecule has 0 fully saturated rings. The van der Waals surface area contributed by atoms with Crippen LogP contribution >= 0.6 is 0 Å². The normalized spacial score (nSPS) is 12.6. The van der Waals surface area contributed by atoms with Crippen LogP contribution < -0.4 is 5.32 Å². The molecule has 1 aromatic carbocycles. The van der Waals surface area contributed by atoms with Crippen molar-refractivity contribution in [2.24, 2.45) is 7.05 Å². The molecule has 0 aliphatic carbocycles. The third-order valence-electron chi connectivity index (χ3n) is 3.58. The molecule has 1 atom stereocenters.